The molecule has 1 atom stereocenters. The molecule has 0 aromatic heterocycles. The Morgan fingerprint density at radius 1 is 1.33 bits per heavy atom. The summed E-state index contributed by atoms with van der Waals surface area (Å²) < 4.78 is 0. The van der Waals surface area contributed by atoms with Crippen molar-refractivity contribution >= 4 is 5.78 Å². The third kappa shape index (κ3) is 3.86. The van der Waals surface area contributed by atoms with Crippen LogP contribution in [0.1, 0.15) is 41.0 Å². The van der Waals surface area contributed by atoms with Gasteiger partial charge in [0, 0.05) is 5.41 Å². The lowest BCUT2D eigenvalue weighted by atomic mass is 9.85. The normalized spacial score (nSPS) is 14.9. The van der Waals surface area contributed by atoms with E-state index in [9.17, 15) is 9.90 Å². The molecule has 0 aromatic carbocycles. The molecule has 0 amide bonds. The fraction of sp³-hybridized carbons (Fsp3) is 0.900. The highest BCUT2D eigenvalue weighted by atomic mass is 16.3. The van der Waals surface area contributed by atoms with E-state index in [-0.39, 0.29) is 5.78 Å². The number of aliphatic hydroxyl groups is 1. The van der Waals surface area contributed by atoms with Gasteiger partial charge in [-0.25, -0.2) is 0 Å². The van der Waals surface area contributed by atoms with Gasteiger partial charge in [-0.3, -0.25) is 4.79 Å². The molecule has 0 aliphatic heterocycles. The van der Waals surface area contributed by atoms with Gasteiger partial charge in [-0.15, -0.1) is 0 Å². The number of ketones is 1. The van der Waals surface area contributed by atoms with Gasteiger partial charge in [0.1, 0.15) is 6.10 Å². The molecule has 0 heterocycles. The topological polar surface area (TPSA) is 37.3 Å². The number of carbonyl (C=O) groups is 1. The zero-order valence-corrected chi connectivity index (χ0v) is 8.72. The van der Waals surface area contributed by atoms with Crippen molar-refractivity contribution in [2.75, 3.05) is 0 Å². The first-order valence-corrected chi connectivity index (χ1v) is 4.47. The second-order valence-corrected chi connectivity index (χ2v) is 4.76. The first-order chi connectivity index (χ1) is 5.25. The average Bonchev–Trinajstić information content (AvgIpc) is 1.82. The largest absolute Gasteiger partial charge is 0.385 e. The van der Waals surface area contributed by atoms with Crippen molar-refractivity contribution in [3.8, 4) is 0 Å². The van der Waals surface area contributed by atoms with Crippen LogP contribution in [-0.4, -0.2) is 17.0 Å². The molecule has 0 aliphatic carbocycles. The number of hydrogen-bond donors (Lipinski definition) is 1. The van der Waals surface area contributed by atoms with Crippen LogP contribution >= 0.6 is 0 Å². The van der Waals surface area contributed by atoms with Crippen LogP contribution in [0.15, 0.2) is 0 Å². The van der Waals surface area contributed by atoms with E-state index in [1.54, 1.807) is 0 Å². The van der Waals surface area contributed by atoms with Gasteiger partial charge >= 0.3 is 0 Å². The van der Waals surface area contributed by atoms with E-state index in [0.717, 1.165) is 0 Å². The summed E-state index contributed by atoms with van der Waals surface area (Å²) in [5.41, 5.74) is -0.422. The van der Waals surface area contributed by atoms with Gasteiger partial charge in [0.25, 0.3) is 0 Å². The zero-order valence-electron chi connectivity index (χ0n) is 8.72. The first kappa shape index (κ1) is 11.6. The van der Waals surface area contributed by atoms with Crippen LogP contribution < -0.4 is 0 Å². The minimum atomic E-state index is -0.787. The maximum Gasteiger partial charge on any atom is 0.166 e. The van der Waals surface area contributed by atoms with Crippen LogP contribution in [-0.2, 0) is 4.79 Å². The third-order valence-electron chi connectivity index (χ3n) is 1.74. The highest BCUT2D eigenvalue weighted by Gasteiger charge is 2.28. The van der Waals surface area contributed by atoms with Crippen molar-refractivity contribution in [3.05, 3.63) is 0 Å². The molecule has 0 bridgehead atoms. The van der Waals surface area contributed by atoms with E-state index in [2.05, 4.69) is 0 Å². The summed E-state index contributed by atoms with van der Waals surface area (Å²) in [7, 11) is 0. The van der Waals surface area contributed by atoms with Gasteiger partial charge in [0.15, 0.2) is 5.78 Å². The summed E-state index contributed by atoms with van der Waals surface area (Å²) in [6.45, 7) is 9.50. The molecule has 0 aliphatic rings. The van der Waals surface area contributed by atoms with Crippen molar-refractivity contribution in [1.29, 1.82) is 0 Å². The van der Waals surface area contributed by atoms with Crippen LogP contribution in [0.4, 0.5) is 0 Å². The first-order valence-electron chi connectivity index (χ1n) is 4.47. The quantitative estimate of drug-likeness (QED) is 0.707. The van der Waals surface area contributed by atoms with Gasteiger partial charge in [-0.2, -0.15) is 0 Å². The lowest BCUT2D eigenvalue weighted by Gasteiger charge is -2.21. The maximum absolute atomic E-state index is 11.5. The Bertz CT molecular complexity index is 154. The lowest BCUT2D eigenvalue weighted by molar-refractivity contribution is -0.135. The van der Waals surface area contributed by atoms with Gasteiger partial charge < -0.3 is 5.11 Å². The standard InChI is InChI=1S/C10H20O2/c1-7(2)6-8(11)9(12)10(3,4)5/h7-8,11H,6H2,1-5H3. The molecule has 12 heavy (non-hydrogen) atoms. The molecule has 1 unspecified atom stereocenters. The van der Waals surface area contributed by atoms with Crippen molar-refractivity contribution in [2.45, 2.75) is 47.1 Å². The second-order valence-electron chi connectivity index (χ2n) is 4.76. The molecule has 2 heteroatoms. The fourth-order valence-electron chi connectivity index (χ4n) is 1.05. The molecule has 0 saturated heterocycles. The predicted molar refractivity (Wildman–Crippen MR) is 49.9 cm³/mol. The monoisotopic (exact) mass is 172 g/mol. The number of aliphatic hydroxyl groups excluding tert-OH is 1. The Morgan fingerprint density at radius 3 is 2.00 bits per heavy atom. The molecule has 0 rings (SSSR count). The van der Waals surface area contributed by atoms with E-state index in [0.29, 0.717) is 12.3 Å². The second kappa shape index (κ2) is 4.04. The van der Waals surface area contributed by atoms with E-state index < -0.39 is 11.5 Å². The van der Waals surface area contributed by atoms with Crippen molar-refractivity contribution in [2.24, 2.45) is 11.3 Å². The molecular formula is C10H20O2. The SMILES string of the molecule is CC(C)CC(O)C(=O)C(C)(C)C. The molecule has 2 nitrogen and oxygen atoms in total. The summed E-state index contributed by atoms with van der Waals surface area (Å²) in [6.07, 6.45) is -0.221. The van der Waals surface area contributed by atoms with Crippen LogP contribution in [0.2, 0.25) is 0 Å². The smallest absolute Gasteiger partial charge is 0.166 e. The van der Waals surface area contributed by atoms with E-state index in [4.69, 9.17) is 0 Å². The van der Waals surface area contributed by atoms with Crippen LogP contribution in [0, 0.1) is 11.3 Å². The molecule has 72 valence electrons. The van der Waals surface area contributed by atoms with Gasteiger partial charge in [0.05, 0.1) is 0 Å². The van der Waals surface area contributed by atoms with Gasteiger partial charge in [0.2, 0.25) is 0 Å². The Hall–Kier alpha value is -0.370. The van der Waals surface area contributed by atoms with Crippen LogP contribution in [0.3, 0.4) is 0 Å². The summed E-state index contributed by atoms with van der Waals surface area (Å²) in [5, 5.41) is 9.47. The maximum atomic E-state index is 11.5. The predicted octanol–water partition coefficient (Wildman–Crippen LogP) is 2.01. The Labute approximate surface area is 75.0 Å². The highest BCUT2D eigenvalue weighted by Crippen LogP contribution is 2.19. The summed E-state index contributed by atoms with van der Waals surface area (Å²) >= 11 is 0. The molecule has 1 N–H and O–H groups in total. The Balaban J connectivity index is 4.12. The Morgan fingerprint density at radius 2 is 1.75 bits per heavy atom. The Kier molecular flexibility index (Phi) is 3.91. The van der Waals surface area contributed by atoms with Crippen molar-refractivity contribution in [3.63, 3.8) is 0 Å². The molecular weight excluding hydrogens is 152 g/mol. The van der Waals surface area contributed by atoms with Gasteiger partial charge in [-0.05, 0) is 12.3 Å². The van der Waals surface area contributed by atoms with Crippen LogP contribution in [0.25, 0.3) is 0 Å². The summed E-state index contributed by atoms with van der Waals surface area (Å²) in [5.74, 6) is 0.308. The number of rotatable bonds is 3. The molecule has 0 spiro atoms. The number of Topliss-reactive ketones (excluding diaryl/α,β-unsaturated/α-hetero) is 1. The third-order valence-corrected chi connectivity index (χ3v) is 1.74. The summed E-state index contributed by atoms with van der Waals surface area (Å²) in [4.78, 5) is 11.5. The van der Waals surface area contributed by atoms with E-state index in [1.165, 1.54) is 0 Å². The van der Waals surface area contributed by atoms with Gasteiger partial charge in [-0.1, -0.05) is 34.6 Å². The zero-order chi connectivity index (χ0) is 9.94. The average molecular weight is 172 g/mol. The van der Waals surface area contributed by atoms with E-state index in [1.807, 2.05) is 34.6 Å². The van der Waals surface area contributed by atoms with Crippen LogP contribution in [0.5, 0.6) is 0 Å². The lowest BCUT2D eigenvalue weighted by Crippen LogP contribution is -2.33. The number of hydrogen-bond acceptors (Lipinski definition) is 2. The number of carbonyl (C=O) groups excluding carboxylic acids is 1. The minimum Gasteiger partial charge on any atom is -0.385 e. The molecule has 0 aromatic rings. The van der Waals surface area contributed by atoms with E-state index >= 15 is 0 Å². The van der Waals surface area contributed by atoms with Crippen molar-refractivity contribution < 1.29 is 9.90 Å². The fourth-order valence-corrected chi connectivity index (χ4v) is 1.05. The molecule has 0 fully saturated rings. The highest BCUT2D eigenvalue weighted by molar-refractivity contribution is 5.87. The van der Waals surface area contributed by atoms with Crippen molar-refractivity contribution in [1.82, 2.24) is 0 Å². The minimum absolute atomic E-state index is 0.0591. The molecule has 0 radical (unpaired) electrons. The molecule has 0 saturated carbocycles. The summed E-state index contributed by atoms with van der Waals surface area (Å²) in [6, 6.07) is 0.